The average molecular weight is 370 g/mol. The number of pyridine rings is 1. The molecular formula is C13H12BrN3O3S. The number of nitrogens with one attached hydrogen (secondary N) is 1. The fraction of sp³-hybridized carbons (Fsp3) is 0.0769. The number of carbonyl (C=O) groups is 1. The van der Waals surface area contributed by atoms with Crippen LogP contribution in [0.15, 0.2) is 46.0 Å². The zero-order valence-corrected chi connectivity index (χ0v) is 13.4. The van der Waals surface area contributed by atoms with Crippen LogP contribution in [0, 0.1) is 6.92 Å². The highest BCUT2D eigenvalue weighted by Gasteiger charge is 2.14. The average Bonchev–Trinajstić information content (AvgIpc) is 2.39. The summed E-state index contributed by atoms with van der Waals surface area (Å²) in [5.74, 6) is -0.395. The number of anilines is 1. The van der Waals surface area contributed by atoms with E-state index in [-0.39, 0.29) is 4.90 Å². The van der Waals surface area contributed by atoms with E-state index < -0.39 is 15.9 Å². The topological polar surface area (TPSA) is 102 Å². The van der Waals surface area contributed by atoms with E-state index in [0.717, 1.165) is 0 Å². The molecule has 2 rings (SSSR count). The highest BCUT2D eigenvalue weighted by molar-refractivity contribution is 9.10. The molecule has 0 spiro atoms. The molecule has 21 heavy (non-hydrogen) atoms. The Kier molecular flexibility index (Phi) is 4.40. The third kappa shape index (κ3) is 3.87. The van der Waals surface area contributed by atoms with Crippen LogP contribution in [0.2, 0.25) is 0 Å². The Labute approximate surface area is 130 Å². The summed E-state index contributed by atoms with van der Waals surface area (Å²) in [5, 5.41) is 7.74. The van der Waals surface area contributed by atoms with Crippen LogP contribution in [0.25, 0.3) is 0 Å². The van der Waals surface area contributed by atoms with Crippen molar-refractivity contribution in [3.05, 3.63) is 52.3 Å². The van der Waals surface area contributed by atoms with E-state index in [9.17, 15) is 13.2 Å². The second-order valence-electron chi connectivity index (χ2n) is 4.37. The van der Waals surface area contributed by atoms with Gasteiger partial charge in [-0.25, -0.2) is 13.6 Å². The molecule has 0 atom stereocenters. The van der Waals surface area contributed by atoms with Crippen molar-refractivity contribution in [1.82, 2.24) is 4.98 Å². The third-order valence-electron chi connectivity index (χ3n) is 2.72. The Morgan fingerprint density at radius 1 is 1.29 bits per heavy atom. The lowest BCUT2D eigenvalue weighted by Gasteiger charge is -2.09. The SMILES string of the molecule is Cc1ccc(NC(=O)c2cncc(Br)c2)cc1S(N)(=O)=O. The number of benzene rings is 1. The number of amides is 1. The van der Waals surface area contributed by atoms with Gasteiger partial charge in [-0.3, -0.25) is 9.78 Å². The summed E-state index contributed by atoms with van der Waals surface area (Å²) >= 11 is 3.22. The Balaban J connectivity index is 2.30. The Morgan fingerprint density at radius 2 is 2.00 bits per heavy atom. The van der Waals surface area contributed by atoms with E-state index in [1.807, 2.05) is 0 Å². The first-order chi connectivity index (χ1) is 9.77. The standard InChI is InChI=1S/C13H12BrN3O3S/c1-8-2-3-11(5-12(8)21(15,19)20)17-13(18)9-4-10(14)7-16-6-9/h2-7H,1H3,(H,17,18)(H2,15,19,20). The third-order valence-corrected chi connectivity index (χ3v) is 4.21. The van der Waals surface area contributed by atoms with Crippen LogP contribution in [-0.4, -0.2) is 19.3 Å². The molecule has 3 N–H and O–H groups in total. The predicted molar refractivity (Wildman–Crippen MR) is 82.4 cm³/mol. The van der Waals surface area contributed by atoms with Gasteiger partial charge >= 0.3 is 0 Å². The van der Waals surface area contributed by atoms with Crippen molar-refractivity contribution in [3.63, 3.8) is 0 Å². The number of aryl methyl sites for hydroxylation is 1. The normalized spacial score (nSPS) is 11.2. The van der Waals surface area contributed by atoms with Gasteiger partial charge in [0.05, 0.1) is 10.5 Å². The van der Waals surface area contributed by atoms with E-state index in [4.69, 9.17) is 5.14 Å². The molecule has 6 nitrogen and oxygen atoms in total. The van der Waals surface area contributed by atoms with Crippen molar-refractivity contribution in [1.29, 1.82) is 0 Å². The molecule has 8 heteroatoms. The van der Waals surface area contributed by atoms with Gasteiger partial charge in [-0.1, -0.05) is 6.07 Å². The van der Waals surface area contributed by atoms with Crippen LogP contribution in [0.3, 0.4) is 0 Å². The van der Waals surface area contributed by atoms with Gasteiger partial charge in [0.2, 0.25) is 10.0 Å². The Morgan fingerprint density at radius 3 is 2.62 bits per heavy atom. The summed E-state index contributed by atoms with van der Waals surface area (Å²) < 4.78 is 23.6. The number of primary sulfonamides is 1. The summed E-state index contributed by atoms with van der Waals surface area (Å²) in [6, 6.07) is 6.12. The number of nitrogens with two attached hydrogens (primary N) is 1. The molecule has 0 fully saturated rings. The molecule has 0 bridgehead atoms. The first kappa shape index (κ1) is 15.6. The molecule has 0 unspecified atom stereocenters. The summed E-state index contributed by atoms with van der Waals surface area (Å²) in [5.41, 5.74) is 1.20. The van der Waals surface area contributed by atoms with E-state index >= 15 is 0 Å². The summed E-state index contributed by atoms with van der Waals surface area (Å²) in [6.45, 7) is 1.63. The van der Waals surface area contributed by atoms with Crippen LogP contribution in [-0.2, 0) is 10.0 Å². The second kappa shape index (κ2) is 5.92. The summed E-state index contributed by atoms with van der Waals surface area (Å²) in [4.78, 5) is 15.9. The summed E-state index contributed by atoms with van der Waals surface area (Å²) in [7, 11) is -3.83. The fourth-order valence-electron chi connectivity index (χ4n) is 1.72. The smallest absolute Gasteiger partial charge is 0.257 e. The monoisotopic (exact) mass is 369 g/mol. The number of carbonyl (C=O) groups excluding carboxylic acids is 1. The molecule has 1 aromatic heterocycles. The first-order valence-electron chi connectivity index (χ1n) is 5.83. The summed E-state index contributed by atoms with van der Waals surface area (Å²) in [6.07, 6.45) is 2.97. The number of hydrogen-bond donors (Lipinski definition) is 2. The van der Waals surface area contributed by atoms with Crippen LogP contribution >= 0.6 is 15.9 Å². The maximum atomic E-state index is 12.1. The van der Waals surface area contributed by atoms with Crippen LogP contribution in [0.5, 0.6) is 0 Å². The van der Waals surface area contributed by atoms with Gasteiger partial charge in [0, 0.05) is 22.6 Å². The number of sulfonamides is 1. The molecule has 0 saturated heterocycles. The number of halogens is 1. The van der Waals surface area contributed by atoms with Gasteiger partial charge < -0.3 is 5.32 Å². The van der Waals surface area contributed by atoms with Crippen molar-refractivity contribution >= 4 is 37.5 Å². The Hall–Kier alpha value is -1.77. The van der Waals surface area contributed by atoms with Gasteiger partial charge in [0.1, 0.15) is 0 Å². The van der Waals surface area contributed by atoms with Gasteiger partial charge in [-0.2, -0.15) is 0 Å². The lowest BCUT2D eigenvalue weighted by atomic mass is 10.2. The maximum Gasteiger partial charge on any atom is 0.257 e. The molecule has 0 radical (unpaired) electrons. The number of hydrogen-bond acceptors (Lipinski definition) is 4. The van der Waals surface area contributed by atoms with Gasteiger partial charge in [-0.15, -0.1) is 0 Å². The molecule has 1 heterocycles. The molecule has 2 aromatic rings. The fourth-order valence-corrected chi connectivity index (χ4v) is 2.90. The van der Waals surface area contributed by atoms with Crippen molar-refractivity contribution in [2.45, 2.75) is 11.8 Å². The molecule has 0 aliphatic carbocycles. The molecule has 0 saturated carbocycles. The Bertz CT molecular complexity index is 806. The number of aromatic nitrogens is 1. The van der Waals surface area contributed by atoms with Gasteiger partial charge in [0.25, 0.3) is 5.91 Å². The maximum absolute atomic E-state index is 12.1. The highest BCUT2D eigenvalue weighted by Crippen LogP contribution is 2.20. The van der Waals surface area contributed by atoms with Crippen molar-refractivity contribution in [3.8, 4) is 0 Å². The first-order valence-corrected chi connectivity index (χ1v) is 8.16. The minimum Gasteiger partial charge on any atom is -0.322 e. The zero-order valence-electron chi connectivity index (χ0n) is 11.0. The minimum absolute atomic E-state index is 0.0207. The van der Waals surface area contributed by atoms with Crippen LogP contribution < -0.4 is 10.5 Å². The van der Waals surface area contributed by atoms with Crippen LogP contribution in [0.1, 0.15) is 15.9 Å². The molecule has 110 valence electrons. The zero-order chi connectivity index (χ0) is 15.6. The number of rotatable bonds is 3. The minimum atomic E-state index is -3.83. The quantitative estimate of drug-likeness (QED) is 0.863. The molecular weight excluding hydrogens is 358 g/mol. The molecule has 1 amide bonds. The highest BCUT2D eigenvalue weighted by atomic mass is 79.9. The lowest BCUT2D eigenvalue weighted by molar-refractivity contribution is 0.102. The van der Waals surface area contributed by atoms with E-state index in [0.29, 0.717) is 21.3 Å². The lowest BCUT2D eigenvalue weighted by Crippen LogP contribution is -2.16. The van der Waals surface area contributed by atoms with Gasteiger partial charge in [-0.05, 0) is 46.6 Å². The number of nitrogens with zero attached hydrogens (tertiary/aromatic N) is 1. The predicted octanol–water partition coefficient (Wildman–Crippen LogP) is 2.05. The molecule has 0 aliphatic rings. The second-order valence-corrected chi connectivity index (χ2v) is 6.82. The van der Waals surface area contributed by atoms with E-state index in [1.54, 1.807) is 31.3 Å². The van der Waals surface area contributed by atoms with Crippen molar-refractivity contribution in [2.75, 3.05) is 5.32 Å². The largest absolute Gasteiger partial charge is 0.322 e. The van der Waals surface area contributed by atoms with Crippen molar-refractivity contribution < 1.29 is 13.2 Å². The van der Waals surface area contributed by atoms with Crippen molar-refractivity contribution in [2.24, 2.45) is 5.14 Å². The van der Waals surface area contributed by atoms with Gasteiger partial charge in [0.15, 0.2) is 0 Å². The molecule has 0 aliphatic heterocycles. The van der Waals surface area contributed by atoms with E-state index in [2.05, 4.69) is 26.2 Å². The molecule has 1 aromatic carbocycles. The van der Waals surface area contributed by atoms with E-state index in [1.165, 1.54) is 12.3 Å². The van der Waals surface area contributed by atoms with Crippen LogP contribution in [0.4, 0.5) is 5.69 Å².